The van der Waals surface area contributed by atoms with Crippen LogP contribution in [0.2, 0.25) is 0 Å². The van der Waals surface area contributed by atoms with Gasteiger partial charge < -0.3 is 9.52 Å². The minimum atomic E-state index is -0.930. The van der Waals surface area contributed by atoms with Gasteiger partial charge >= 0.3 is 6.17 Å². The van der Waals surface area contributed by atoms with Gasteiger partial charge in [0.2, 0.25) is 5.91 Å². The number of amides is 1. The molecule has 0 bridgehead atoms. The minimum absolute atomic E-state index is 0.109. The number of nitrogens with zero attached hydrogens (tertiary/aromatic N) is 5. The van der Waals surface area contributed by atoms with E-state index >= 15 is 0 Å². The maximum atomic E-state index is 13.0. The summed E-state index contributed by atoms with van der Waals surface area (Å²) in [6, 6.07) is 16.5. The maximum absolute atomic E-state index is 13.0. The maximum Gasteiger partial charge on any atom is 0.325 e. The van der Waals surface area contributed by atoms with Crippen LogP contribution in [-0.2, 0) is 4.79 Å². The van der Waals surface area contributed by atoms with E-state index in [1.165, 1.54) is 34.3 Å². The zero-order chi connectivity index (χ0) is 24.0. The Bertz CT molecular complexity index is 1450. The van der Waals surface area contributed by atoms with Gasteiger partial charge in [-0.2, -0.15) is 0 Å². The van der Waals surface area contributed by atoms with Crippen molar-refractivity contribution in [3.63, 3.8) is 0 Å². The zero-order valence-corrected chi connectivity index (χ0v) is 18.9. The summed E-state index contributed by atoms with van der Waals surface area (Å²) < 4.78 is 7.51. The highest BCUT2D eigenvalue weighted by Crippen LogP contribution is 2.42. The van der Waals surface area contributed by atoms with Crippen molar-refractivity contribution in [3.8, 4) is 28.5 Å². The quantitative estimate of drug-likeness (QED) is 0.190. The molecule has 0 spiro atoms. The highest BCUT2D eigenvalue weighted by atomic mass is 32.2. The van der Waals surface area contributed by atoms with E-state index in [1.54, 1.807) is 60.9 Å². The second-order valence-electron chi connectivity index (χ2n) is 7.45. The molecule has 5 rings (SSSR count). The van der Waals surface area contributed by atoms with E-state index in [0.717, 1.165) is 0 Å². The molecule has 170 valence electrons. The summed E-state index contributed by atoms with van der Waals surface area (Å²) in [5.41, 5.74) is 1.45. The monoisotopic (exact) mass is 475 g/mol. The number of rotatable bonds is 4. The molecule has 0 aliphatic carbocycles. The van der Waals surface area contributed by atoms with Crippen molar-refractivity contribution in [2.75, 3.05) is 11.2 Å². The average Bonchev–Trinajstić information content (AvgIpc) is 3.32. The van der Waals surface area contributed by atoms with Crippen molar-refractivity contribution in [2.45, 2.75) is 18.2 Å². The summed E-state index contributed by atoms with van der Waals surface area (Å²) >= 11 is 1.20. The van der Waals surface area contributed by atoms with Gasteiger partial charge in [0.1, 0.15) is 5.76 Å². The Morgan fingerprint density at radius 3 is 2.53 bits per heavy atom. The number of furan rings is 1. The standard InChI is InChI=1S/C23H17N5O5S/c1-13(29)26-16-9-5-4-8-15(16)20-21(30)24-23(34-2)25-27(20)22(26)19-12-11-18(33-19)14-7-3-6-10-17(14)28(31)32/h3-12,22H,1-2H3. The lowest BCUT2D eigenvalue weighted by molar-refractivity contribution is -0.765. The summed E-state index contributed by atoms with van der Waals surface area (Å²) in [4.78, 5) is 29.4. The first-order valence-corrected chi connectivity index (χ1v) is 11.4. The summed E-state index contributed by atoms with van der Waals surface area (Å²) in [7, 11) is 0. The molecule has 2 aromatic heterocycles. The molecule has 10 nitrogen and oxygen atoms in total. The number of benzene rings is 2. The Morgan fingerprint density at radius 1 is 1.12 bits per heavy atom. The van der Waals surface area contributed by atoms with E-state index in [2.05, 4.69) is 10.1 Å². The summed E-state index contributed by atoms with van der Waals surface area (Å²) in [6.07, 6.45) is 0.816. The van der Waals surface area contributed by atoms with Crippen LogP contribution >= 0.6 is 11.8 Å². The van der Waals surface area contributed by atoms with Gasteiger partial charge in [0, 0.05) is 18.1 Å². The average molecular weight is 475 g/mol. The second-order valence-corrected chi connectivity index (χ2v) is 8.23. The number of hydrogen-bond acceptors (Lipinski definition) is 8. The van der Waals surface area contributed by atoms with E-state index in [1.807, 2.05) is 0 Å². The van der Waals surface area contributed by atoms with E-state index < -0.39 is 17.0 Å². The fourth-order valence-corrected chi connectivity index (χ4v) is 4.44. The van der Waals surface area contributed by atoms with Gasteiger partial charge in [0.25, 0.3) is 16.5 Å². The Morgan fingerprint density at radius 2 is 1.82 bits per heavy atom. The molecule has 34 heavy (non-hydrogen) atoms. The fourth-order valence-electron chi connectivity index (χ4n) is 4.10. The molecule has 2 aromatic carbocycles. The van der Waals surface area contributed by atoms with Crippen LogP contribution in [0.1, 0.15) is 18.8 Å². The molecule has 1 amide bonds. The highest BCUT2D eigenvalue weighted by molar-refractivity contribution is 7.98. The Balaban J connectivity index is 1.75. The fraction of sp³-hybridized carbons (Fsp3) is 0.130. The molecule has 1 aliphatic rings. The third-order valence-electron chi connectivity index (χ3n) is 5.49. The third-order valence-corrected chi connectivity index (χ3v) is 6.02. The minimum Gasteiger partial charge on any atom is -0.854 e. The first-order valence-electron chi connectivity index (χ1n) is 10.2. The zero-order valence-electron chi connectivity index (χ0n) is 18.0. The lowest BCUT2D eigenvalue weighted by atomic mass is 10.0. The number of nitro benzene ring substituents is 1. The largest absolute Gasteiger partial charge is 0.854 e. The molecule has 0 N–H and O–H groups in total. The van der Waals surface area contributed by atoms with Crippen LogP contribution in [0.3, 0.4) is 0 Å². The van der Waals surface area contributed by atoms with Crippen molar-refractivity contribution in [2.24, 2.45) is 0 Å². The van der Waals surface area contributed by atoms with E-state index in [4.69, 9.17) is 4.42 Å². The predicted octanol–water partition coefficient (Wildman–Crippen LogP) is 3.31. The number of fused-ring (bicyclic) bond motifs is 3. The lowest BCUT2D eigenvalue weighted by Gasteiger charge is -2.31. The van der Waals surface area contributed by atoms with Gasteiger partial charge in [-0.15, -0.1) is 0 Å². The molecule has 0 saturated heterocycles. The van der Waals surface area contributed by atoms with Crippen LogP contribution in [-0.4, -0.2) is 27.2 Å². The summed E-state index contributed by atoms with van der Waals surface area (Å²) in [5, 5.41) is 29.3. The van der Waals surface area contributed by atoms with Gasteiger partial charge in [-0.05, 0) is 41.3 Å². The molecule has 11 heteroatoms. The summed E-state index contributed by atoms with van der Waals surface area (Å²) in [5.74, 6) is -0.232. The van der Waals surface area contributed by atoms with Gasteiger partial charge in [-0.1, -0.05) is 36.0 Å². The number of carbonyl (C=O) groups is 1. The first-order chi connectivity index (χ1) is 16.4. The van der Waals surface area contributed by atoms with Crippen LogP contribution in [0.5, 0.6) is 5.88 Å². The van der Waals surface area contributed by atoms with E-state index in [9.17, 15) is 20.0 Å². The first kappa shape index (κ1) is 21.6. The molecule has 1 unspecified atom stereocenters. The molecule has 1 atom stereocenters. The van der Waals surface area contributed by atoms with Crippen molar-refractivity contribution >= 4 is 29.0 Å². The van der Waals surface area contributed by atoms with Crippen LogP contribution in [0.4, 0.5) is 11.4 Å². The van der Waals surface area contributed by atoms with Gasteiger partial charge in [0.05, 0.1) is 27.6 Å². The van der Waals surface area contributed by atoms with Crippen LogP contribution in [0, 0.1) is 10.1 Å². The number of hydrogen-bond donors (Lipinski definition) is 0. The predicted molar refractivity (Wildman–Crippen MR) is 121 cm³/mol. The smallest absolute Gasteiger partial charge is 0.325 e. The highest BCUT2D eigenvalue weighted by Gasteiger charge is 2.45. The summed E-state index contributed by atoms with van der Waals surface area (Å²) in [6.45, 7) is 1.41. The Labute approximate surface area is 197 Å². The number of thioether (sulfide) groups is 1. The van der Waals surface area contributed by atoms with Crippen LogP contribution in [0.25, 0.3) is 22.6 Å². The molecule has 0 fully saturated rings. The Kier molecular flexibility index (Phi) is 5.25. The number of aromatic nitrogens is 3. The van der Waals surface area contributed by atoms with E-state index in [-0.39, 0.29) is 34.0 Å². The number of carbonyl (C=O) groups excluding carboxylic acids is 1. The number of para-hydroxylation sites is 2. The number of nitro groups is 1. The molecule has 0 radical (unpaired) electrons. The van der Waals surface area contributed by atoms with Crippen molar-refractivity contribution < 1.29 is 23.9 Å². The lowest BCUT2D eigenvalue weighted by Crippen LogP contribution is -2.58. The van der Waals surface area contributed by atoms with Crippen LogP contribution in [0.15, 0.2) is 70.2 Å². The van der Waals surface area contributed by atoms with Gasteiger partial charge in [-0.25, -0.2) is 9.88 Å². The molecular weight excluding hydrogens is 458 g/mol. The molecule has 1 aliphatic heterocycles. The van der Waals surface area contributed by atoms with Crippen LogP contribution < -0.4 is 14.7 Å². The third kappa shape index (κ3) is 3.37. The second kappa shape index (κ2) is 8.27. The topological polar surface area (TPSA) is 129 Å². The van der Waals surface area contributed by atoms with Crippen molar-refractivity contribution in [1.82, 2.24) is 10.1 Å². The van der Waals surface area contributed by atoms with Crippen molar-refractivity contribution in [1.29, 1.82) is 0 Å². The molecular formula is C23H17N5O5S. The SMILES string of the molecule is CSc1nc([O-])c2[n+](n1)C(c1ccc(-c3ccccc3[N+](=O)[O-])o1)N(C(C)=O)c1ccccc1-2. The molecule has 3 heterocycles. The molecule has 0 saturated carbocycles. The normalized spacial score (nSPS) is 14.4. The van der Waals surface area contributed by atoms with Crippen molar-refractivity contribution in [3.05, 3.63) is 76.5 Å². The number of anilines is 1. The molecule has 4 aromatic rings. The van der Waals surface area contributed by atoms with Gasteiger partial charge in [0.15, 0.2) is 5.76 Å². The van der Waals surface area contributed by atoms with E-state index in [0.29, 0.717) is 16.8 Å². The Hall–Kier alpha value is -4.25. The van der Waals surface area contributed by atoms with Gasteiger partial charge in [-0.3, -0.25) is 14.9 Å².